The minimum Gasteiger partial charge on any atom is -0.496 e. The van der Waals surface area contributed by atoms with E-state index in [9.17, 15) is 4.79 Å². The smallest absolute Gasteiger partial charge is 0.235 e. The van der Waals surface area contributed by atoms with Gasteiger partial charge in [-0.15, -0.1) is 0 Å². The zero-order valence-electron chi connectivity index (χ0n) is 11.5. The van der Waals surface area contributed by atoms with Crippen molar-refractivity contribution in [1.29, 1.82) is 0 Å². The summed E-state index contributed by atoms with van der Waals surface area (Å²) in [6.45, 7) is 4.26. The lowest BCUT2D eigenvalue weighted by molar-refractivity contribution is 0.254. The number of rotatable bonds is 4. The molecule has 102 valence electrons. The molecule has 0 heterocycles. The van der Waals surface area contributed by atoms with Crippen molar-refractivity contribution in [1.82, 2.24) is 0 Å². The van der Waals surface area contributed by atoms with Crippen molar-refractivity contribution in [2.45, 2.75) is 44.6 Å². The van der Waals surface area contributed by atoms with Gasteiger partial charge in [0.15, 0.2) is 0 Å². The van der Waals surface area contributed by atoms with Gasteiger partial charge in [0.05, 0.1) is 12.6 Å². The number of methoxy groups -OCH3 is 1. The first-order valence-corrected chi connectivity index (χ1v) is 7.30. The van der Waals surface area contributed by atoms with Crippen LogP contribution < -0.4 is 4.74 Å². The lowest BCUT2D eigenvalue weighted by Crippen LogP contribution is -2.32. The molecule has 4 heteroatoms. The maximum absolute atomic E-state index is 10.7. The lowest BCUT2D eigenvalue weighted by atomic mass is 9.72. The zero-order valence-corrected chi connectivity index (χ0v) is 13.1. The number of carbonyl (C=O) groups excluding carboxylic acids is 1. The topological polar surface area (TPSA) is 38.7 Å². The molecule has 19 heavy (non-hydrogen) atoms. The van der Waals surface area contributed by atoms with Crippen LogP contribution in [0.2, 0.25) is 0 Å². The van der Waals surface area contributed by atoms with Gasteiger partial charge in [-0.3, -0.25) is 0 Å². The highest BCUT2D eigenvalue weighted by Crippen LogP contribution is 2.47. The van der Waals surface area contributed by atoms with Crippen molar-refractivity contribution in [3.8, 4) is 5.75 Å². The first-order chi connectivity index (χ1) is 9.04. The Kier molecular flexibility index (Phi) is 4.12. The van der Waals surface area contributed by atoms with Crippen LogP contribution in [0.3, 0.4) is 0 Å². The van der Waals surface area contributed by atoms with Crippen molar-refractivity contribution in [3.63, 3.8) is 0 Å². The summed E-state index contributed by atoms with van der Waals surface area (Å²) in [5, 5.41) is 0. The number of benzene rings is 1. The molecule has 0 bridgehead atoms. The van der Waals surface area contributed by atoms with Crippen LogP contribution in [-0.2, 0) is 10.3 Å². The molecule has 0 saturated heterocycles. The van der Waals surface area contributed by atoms with E-state index in [0.717, 1.165) is 40.6 Å². The minimum absolute atomic E-state index is 0.366. The third kappa shape index (κ3) is 2.47. The van der Waals surface area contributed by atoms with E-state index in [1.54, 1.807) is 13.2 Å². The molecule has 1 fully saturated rings. The van der Waals surface area contributed by atoms with Crippen LogP contribution in [0.4, 0.5) is 0 Å². The molecule has 1 aliphatic carbocycles. The predicted octanol–water partition coefficient (Wildman–Crippen LogP) is 4.30. The van der Waals surface area contributed by atoms with E-state index in [1.165, 1.54) is 0 Å². The van der Waals surface area contributed by atoms with Crippen LogP contribution in [-0.4, -0.2) is 13.2 Å². The molecule has 2 rings (SSSR count). The minimum atomic E-state index is -0.382. The van der Waals surface area contributed by atoms with Crippen LogP contribution in [0.5, 0.6) is 5.75 Å². The summed E-state index contributed by atoms with van der Waals surface area (Å²) in [6, 6.07) is 4.08. The number of hydrogen-bond donors (Lipinski definition) is 0. The largest absolute Gasteiger partial charge is 0.496 e. The van der Waals surface area contributed by atoms with Gasteiger partial charge in [-0.05, 0) is 42.9 Å². The Hall–Kier alpha value is -1.12. The van der Waals surface area contributed by atoms with E-state index < -0.39 is 0 Å². The van der Waals surface area contributed by atoms with E-state index in [0.29, 0.717) is 5.92 Å². The number of nitrogens with zero attached hydrogens (tertiary/aromatic N) is 1. The first-order valence-electron chi connectivity index (χ1n) is 6.51. The van der Waals surface area contributed by atoms with Gasteiger partial charge >= 0.3 is 0 Å². The zero-order chi connectivity index (χ0) is 14.0. The summed E-state index contributed by atoms with van der Waals surface area (Å²) >= 11 is 3.62. The van der Waals surface area contributed by atoms with Crippen molar-refractivity contribution in [2.75, 3.05) is 7.11 Å². The molecule has 0 spiro atoms. The number of isocyanates is 1. The fraction of sp³-hybridized carbons (Fsp3) is 0.533. The van der Waals surface area contributed by atoms with Gasteiger partial charge < -0.3 is 4.74 Å². The first kappa shape index (κ1) is 14.3. The molecule has 0 N–H and O–H groups in total. The SMILES string of the molecule is COc1cc(C2(N=C=O)CCC2)cc(Br)c1C(C)C. The van der Waals surface area contributed by atoms with Crippen LogP contribution in [0.25, 0.3) is 0 Å². The average Bonchev–Trinajstić information content (AvgIpc) is 2.32. The van der Waals surface area contributed by atoms with Crippen molar-refractivity contribution >= 4 is 22.0 Å². The summed E-state index contributed by atoms with van der Waals surface area (Å²) in [5.74, 6) is 1.22. The molecule has 3 nitrogen and oxygen atoms in total. The van der Waals surface area contributed by atoms with E-state index >= 15 is 0 Å². The second-order valence-electron chi connectivity index (χ2n) is 5.32. The van der Waals surface area contributed by atoms with Crippen molar-refractivity contribution in [3.05, 3.63) is 27.7 Å². The Morgan fingerprint density at radius 3 is 2.53 bits per heavy atom. The lowest BCUT2D eigenvalue weighted by Gasteiger charge is -2.37. The van der Waals surface area contributed by atoms with E-state index in [-0.39, 0.29) is 5.54 Å². The molecular formula is C15H18BrNO2. The maximum Gasteiger partial charge on any atom is 0.235 e. The molecule has 1 aliphatic rings. The van der Waals surface area contributed by atoms with Crippen LogP contribution in [0.15, 0.2) is 21.6 Å². The second-order valence-corrected chi connectivity index (χ2v) is 6.17. The molecule has 0 radical (unpaired) electrons. The highest BCUT2D eigenvalue weighted by Gasteiger charge is 2.39. The number of halogens is 1. The molecule has 0 unspecified atom stereocenters. The number of ether oxygens (including phenoxy) is 1. The highest BCUT2D eigenvalue weighted by atomic mass is 79.9. The van der Waals surface area contributed by atoms with E-state index in [4.69, 9.17) is 4.74 Å². The molecule has 1 aromatic carbocycles. The Balaban J connectivity index is 2.54. The van der Waals surface area contributed by atoms with Gasteiger partial charge in [0, 0.05) is 10.0 Å². The molecule has 0 amide bonds. The third-order valence-electron chi connectivity index (χ3n) is 3.87. The Bertz CT molecular complexity index is 529. The Morgan fingerprint density at radius 2 is 2.11 bits per heavy atom. The standard InChI is InChI=1S/C15H18BrNO2/c1-10(2)14-12(16)7-11(8-13(14)19-3)15(17-9-18)5-4-6-15/h7-8,10H,4-6H2,1-3H3. The van der Waals surface area contributed by atoms with Gasteiger partial charge in [0.1, 0.15) is 5.75 Å². The molecule has 1 saturated carbocycles. The average molecular weight is 324 g/mol. The van der Waals surface area contributed by atoms with Crippen LogP contribution >= 0.6 is 15.9 Å². The van der Waals surface area contributed by atoms with Crippen LogP contribution in [0, 0.1) is 0 Å². The maximum atomic E-state index is 10.7. The Labute approximate surface area is 122 Å². The third-order valence-corrected chi connectivity index (χ3v) is 4.52. The molecule has 0 aliphatic heterocycles. The monoisotopic (exact) mass is 323 g/mol. The molecule has 0 aromatic heterocycles. The molecular weight excluding hydrogens is 306 g/mol. The summed E-state index contributed by atoms with van der Waals surface area (Å²) in [7, 11) is 1.67. The summed E-state index contributed by atoms with van der Waals surface area (Å²) in [4.78, 5) is 14.7. The van der Waals surface area contributed by atoms with E-state index in [1.807, 2.05) is 6.07 Å². The Morgan fingerprint density at radius 1 is 1.42 bits per heavy atom. The highest BCUT2D eigenvalue weighted by molar-refractivity contribution is 9.10. The summed E-state index contributed by atoms with van der Waals surface area (Å²) < 4.78 is 6.52. The predicted molar refractivity (Wildman–Crippen MR) is 78.4 cm³/mol. The second kappa shape index (κ2) is 5.48. The quantitative estimate of drug-likeness (QED) is 0.612. The van der Waals surface area contributed by atoms with Gasteiger partial charge in [-0.25, -0.2) is 4.79 Å². The van der Waals surface area contributed by atoms with Gasteiger partial charge in [0.2, 0.25) is 6.08 Å². The molecule has 1 aromatic rings. The van der Waals surface area contributed by atoms with Gasteiger partial charge in [-0.2, -0.15) is 4.99 Å². The van der Waals surface area contributed by atoms with Crippen molar-refractivity contribution in [2.24, 2.45) is 4.99 Å². The number of hydrogen-bond acceptors (Lipinski definition) is 3. The fourth-order valence-corrected chi connectivity index (χ4v) is 3.55. The molecule has 0 atom stereocenters. The van der Waals surface area contributed by atoms with Gasteiger partial charge in [-0.1, -0.05) is 29.8 Å². The van der Waals surface area contributed by atoms with Crippen molar-refractivity contribution < 1.29 is 9.53 Å². The number of aliphatic imine (C=N–C) groups is 1. The summed E-state index contributed by atoms with van der Waals surface area (Å²) in [5.41, 5.74) is 1.80. The van der Waals surface area contributed by atoms with Gasteiger partial charge in [0.25, 0.3) is 0 Å². The fourth-order valence-electron chi connectivity index (χ4n) is 2.65. The van der Waals surface area contributed by atoms with E-state index in [2.05, 4.69) is 40.8 Å². The van der Waals surface area contributed by atoms with Crippen LogP contribution in [0.1, 0.15) is 50.2 Å². The summed E-state index contributed by atoms with van der Waals surface area (Å²) in [6.07, 6.45) is 4.62. The normalized spacial score (nSPS) is 16.7.